The van der Waals surface area contributed by atoms with Crippen molar-refractivity contribution in [2.45, 2.75) is 59.4 Å². The summed E-state index contributed by atoms with van der Waals surface area (Å²) in [6, 6.07) is 18.4. The van der Waals surface area contributed by atoms with Gasteiger partial charge in [0, 0.05) is 31.7 Å². The number of hydrogen-bond acceptors (Lipinski definition) is 5. The van der Waals surface area contributed by atoms with E-state index in [9.17, 15) is 5.11 Å². The zero-order chi connectivity index (χ0) is 24.0. The maximum atomic E-state index is 10.6. The quantitative estimate of drug-likeness (QED) is 0.435. The largest absolute Gasteiger partial charge is 0.439 e. The number of aromatic nitrogens is 2. The molecule has 6 heteroatoms. The summed E-state index contributed by atoms with van der Waals surface area (Å²) >= 11 is 0. The Bertz CT molecular complexity index is 1010. The zero-order valence-electron chi connectivity index (χ0n) is 20.7. The number of benzene rings is 2. The highest BCUT2D eigenvalue weighted by molar-refractivity contribution is 5.65. The van der Waals surface area contributed by atoms with Gasteiger partial charge in [0.1, 0.15) is 11.4 Å². The van der Waals surface area contributed by atoms with Crippen LogP contribution in [0.2, 0.25) is 0 Å². The number of rotatable bonds is 11. The first-order chi connectivity index (χ1) is 15.7. The van der Waals surface area contributed by atoms with Gasteiger partial charge < -0.3 is 14.6 Å². The van der Waals surface area contributed by atoms with E-state index in [1.807, 2.05) is 70.3 Å². The highest BCUT2D eigenvalue weighted by Gasteiger charge is 2.24. The van der Waals surface area contributed by atoms with Crippen LogP contribution in [0.3, 0.4) is 0 Å². The number of aliphatic hydroxyl groups excluding tert-OH is 1. The minimum Gasteiger partial charge on any atom is -0.439 e. The molecule has 3 rings (SSSR count). The topological polar surface area (TPSA) is 59.8 Å². The summed E-state index contributed by atoms with van der Waals surface area (Å²) in [5, 5.41) is 15.4. The van der Waals surface area contributed by atoms with Crippen LogP contribution in [0.5, 0.6) is 11.6 Å². The lowest BCUT2D eigenvalue weighted by Crippen LogP contribution is -2.39. The molecule has 2 aromatic carbocycles. The molecule has 1 heterocycles. The first-order valence-corrected chi connectivity index (χ1v) is 11.6. The van der Waals surface area contributed by atoms with Gasteiger partial charge >= 0.3 is 0 Å². The number of aliphatic hydroxyl groups is 1. The van der Waals surface area contributed by atoms with Crippen LogP contribution in [0.4, 0.5) is 0 Å². The molecule has 6 nitrogen and oxygen atoms in total. The third kappa shape index (κ3) is 6.90. The van der Waals surface area contributed by atoms with Crippen LogP contribution in [0, 0.1) is 6.92 Å². The molecule has 33 heavy (non-hydrogen) atoms. The van der Waals surface area contributed by atoms with Crippen LogP contribution >= 0.6 is 0 Å². The molecule has 0 bridgehead atoms. The molecule has 0 saturated carbocycles. The second-order valence-electron chi connectivity index (χ2n) is 9.10. The maximum absolute atomic E-state index is 10.6. The minimum absolute atomic E-state index is 0.0875. The van der Waals surface area contributed by atoms with E-state index in [0.717, 1.165) is 28.1 Å². The van der Waals surface area contributed by atoms with E-state index >= 15 is 0 Å². The molecule has 1 atom stereocenters. The van der Waals surface area contributed by atoms with Gasteiger partial charge in [-0.05, 0) is 52.3 Å². The van der Waals surface area contributed by atoms with Crippen molar-refractivity contribution in [3.8, 4) is 22.9 Å². The molecule has 0 amide bonds. The van der Waals surface area contributed by atoms with Crippen LogP contribution in [0.1, 0.15) is 38.8 Å². The van der Waals surface area contributed by atoms with Crippen molar-refractivity contribution in [2.75, 3.05) is 13.2 Å². The minimum atomic E-state index is -0.576. The zero-order valence-corrected chi connectivity index (χ0v) is 20.7. The Labute approximate surface area is 197 Å². The molecule has 0 aliphatic rings. The average molecular weight is 452 g/mol. The Balaban J connectivity index is 1.95. The van der Waals surface area contributed by atoms with E-state index in [1.54, 1.807) is 4.68 Å². The number of aryl methyl sites for hydroxylation is 2. The van der Waals surface area contributed by atoms with E-state index in [-0.39, 0.29) is 12.1 Å². The molecule has 0 saturated heterocycles. The normalized spacial score (nSPS) is 12.7. The molecule has 178 valence electrons. The lowest BCUT2D eigenvalue weighted by molar-refractivity contribution is -0.0137. The fraction of sp³-hybridized carbons (Fsp3) is 0.444. The molecule has 0 spiro atoms. The predicted octanol–water partition coefficient (Wildman–Crippen LogP) is 5.18. The summed E-state index contributed by atoms with van der Waals surface area (Å²) in [7, 11) is 1.91. The van der Waals surface area contributed by atoms with E-state index < -0.39 is 6.10 Å². The van der Waals surface area contributed by atoms with Crippen LogP contribution < -0.4 is 4.74 Å². The second-order valence-corrected chi connectivity index (χ2v) is 9.10. The molecule has 0 fully saturated rings. The number of nitrogens with zero attached hydrogens (tertiary/aromatic N) is 3. The summed E-state index contributed by atoms with van der Waals surface area (Å²) in [4.78, 5) is 2.24. The highest BCUT2D eigenvalue weighted by atomic mass is 16.5. The fourth-order valence-corrected chi connectivity index (χ4v) is 3.73. The molecule has 0 aliphatic carbocycles. The van der Waals surface area contributed by atoms with Gasteiger partial charge in [0.05, 0.1) is 24.4 Å². The molecule has 1 aromatic heterocycles. The molecule has 0 aliphatic heterocycles. The highest BCUT2D eigenvalue weighted by Crippen LogP contribution is 2.34. The lowest BCUT2D eigenvalue weighted by Gasteiger charge is -2.29. The van der Waals surface area contributed by atoms with Crippen LogP contribution in [0.25, 0.3) is 11.3 Å². The van der Waals surface area contributed by atoms with Crippen molar-refractivity contribution >= 4 is 0 Å². The van der Waals surface area contributed by atoms with Gasteiger partial charge in [-0.1, -0.05) is 42.5 Å². The standard InChI is InChI=1S/C27H37N3O3/c1-19(2)30(16-23(31)18-32-20(3)4)17-25-26(22-12-8-7-9-13-22)28-29(6)27(25)33-24-14-10-11-21(5)15-24/h7-15,19-20,23,31H,16-18H2,1-6H3/t23-/m0/s1. The Hall–Kier alpha value is -2.67. The van der Waals surface area contributed by atoms with Crippen LogP contribution in [-0.2, 0) is 18.3 Å². The number of hydrogen-bond donors (Lipinski definition) is 1. The van der Waals surface area contributed by atoms with Crippen molar-refractivity contribution in [2.24, 2.45) is 7.05 Å². The van der Waals surface area contributed by atoms with Crippen molar-refractivity contribution in [1.29, 1.82) is 0 Å². The van der Waals surface area contributed by atoms with Crippen molar-refractivity contribution in [3.05, 3.63) is 65.7 Å². The molecule has 0 unspecified atom stereocenters. The van der Waals surface area contributed by atoms with Gasteiger partial charge in [-0.25, -0.2) is 4.68 Å². The monoisotopic (exact) mass is 451 g/mol. The molecule has 0 radical (unpaired) electrons. The van der Waals surface area contributed by atoms with Gasteiger partial charge in [-0.3, -0.25) is 4.90 Å². The second kappa shape index (κ2) is 11.5. The summed E-state index contributed by atoms with van der Waals surface area (Å²) in [5.41, 5.74) is 4.06. The summed E-state index contributed by atoms with van der Waals surface area (Å²) in [6.07, 6.45) is -0.489. The van der Waals surface area contributed by atoms with Crippen LogP contribution in [0.15, 0.2) is 54.6 Å². The molecule has 1 N–H and O–H groups in total. The Morgan fingerprint density at radius 3 is 2.39 bits per heavy atom. The van der Waals surface area contributed by atoms with Crippen LogP contribution in [-0.4, -0.2) is 51.2 Å². The Morgan fingerprint density at radius 2 is 1.76 bits per heavy atom. The van der Waals surface area contributed by atoms with E-state index in [1.165, 1.54) is 0 Å². The SMILES string of the molecule is Cc1cccc(Oc2c(CN(C[C@H](O)COC(C)C)C(C)C)c(-c3ccccc3)nn2C)c1. The number of ether oxygens (including phenoxy) is 2. The smallest absolute Gasteiger partial charge is 0.222 e. The van der Waals surface area contributed by atoms with Crippen molar-refractivity contribution in [1.82, 2.24) is 14.7 Å². The van der Waals surface area contributed by atoms with Gasteiger partial charge in [-0.15, -0.1) is 0 Å². The lowest BCUT2D eigenvalue weighted by atomic mass is 10.1. The third-order valence-corrected chi connectivity index (χ3v) is 5.50. The van der Waals surface area contributed by atoms with Gasteiger partial charge in [0.15, 0.2) is 0 Å². The van der Waals surface area contributed by atoms with Crippen molar-refractivity contribution in [3.63, 3.8) is 0 Å². The summed E-state index contributed by atoms with van der Waals surface area (Å²) in [6.45, 7) is 11.7. The van der Waals surface area contributed by atoms with E-state index in [2.05, 4.69) is 30.9 Å². The predicted molar refractivity (Wildman–Crippen MR) is 133 cm³/mol. The fourth-order valence-electron chi connectivity index (χ4n) is 3.73. The average Bonchev–Trinajstić information content (AvgIpc) is 3.07. The third-order valence-electron chi connectivity index (χ3n) is 5.50. The molecule has 3 aromatic rings. The van der Waals surface area contributed by atoms with Crippen molar-refractivity contribution < 1.29 is 14.6 Å². The van der Waals surface area contributed by atoms with Gasteiger partial charge in [-0.2, -0.15) is 5.10 Å². The Kier molecular flexibility index (Phi) is 8.67. The van der Waals surface area contributed by atoms with E-state index in [4.69, 9.17) is 14.6 Å². The maximum Gasteiger partial charge on any atom is 0.222 e. The molecular formula is C27H37N3O3. The summed E-state index contributed by atoms with van der Waals surface area (Å²) < 4.78 is 13.8. The molecular weight excluding hydrogens is 414 g/mol. The first kappa shape index (κ1) is 25.0. The summed E-state index contributed by atoms with van der Waals surface area (Å²) in [5.74, 6) is 1.48. The van der Waals surface area contributed by atoms with E-state index in [0.29, 0.717) is 25.6 Å². The first-order valence-electron chi connectivity index (χ1n) is 11.6. The Morgan fingerprint density at radius 1 is 1.03 bits per heavy atom. The van der Waals surface area contributed by atoms with Gasteiger partial charge in [0.2, 0.25) is 5.88 Å². The van der Waals surface area contributed by atoms with Gasteiger partial charge in [0.25, 0.3) is 0 Å².